The quantitative estimate of drug-likeness (QED) is 0.499. The molecule has 0 spiro atoms. The van der Waals surface area contributed by atoms with E-state index in [9.17, 15) is 4.79 Å². The van der Waals surface area contributed by atoms with Crippen LogP contribution in [0.15, 0.2) is 65.8 Å². The van der Waals surface area contributed by atoms with Gasteiger partial charge in [-0.15, -0.1) is 0 Å². The maximum absolute atomic E-state index is 11.2. The molecule has 4 aromatic rings. The molecule has 32 heavy (non-hydrogen) atoms. The van der Waals surface area contributed by atoms with Gasteiger partial charge in [-0.25, -0.2) is 9.97 Å². The van der Waals surface area contributed by atoms with Crippen LogP contribution in [0.4, 0.5) is 5.69 Å². The third-order valence-electron chi connectivity index (χ3n) is 5.53. The van der Waals surface area contributed by atoms with E-state index in [-0.39, 0.29) is 11.9 Å². The molecule has 1 atom stereocenters. The summed E-state index contributed by atoms with van der Waals surface area (Å²) in [5, 5.41) is 6.99. The highest BCUT2D eigenvalue weighted by molar-refractivity contribution is 5.88. The number of pyridine rings is 1. The van der Waals surface area contributed by atoms with Crippen LogP contribution in [0.3, 0.4) is 0 Å². The van der Waals surface area contributed by atoms with Gasteiger partial charge in [-0.2, -0.15) is 4.98 Å². The van der Waals surface area contributed by atoms with Crippen molar-refractivity contribution in [2.24, 2.45) is 0 Å². The lowest BCUT2D eigenvalue weighted by atomic mass is 10.1. The van der Waals surface area contributed by atoms with Crippen LogP contribution >= 0.6 is 0 Å². The van der Waals surface area contributed by atoms with Gasteiger partial charge < -0.3 is 9.84 Å². The number of carbonyl (C=O) groups excluding carboxylic acids is 1. The van der Waals surface area contributed by atoms with Crippen LogP contribution in [0.25, 0.3) is 17.2 Å². The molecule has 0 radical (unpaired) electrons. The topological polar surface area (TPSA) is 102 Å². The largest absolute Gasteiger partial charge is 0.337 e. The summed E-state index contributed by atoms with van der Waals surface area (Å²) >= 11 is 0. The van der Waals surface area contributed by atoms with Gasteiger partial charge in [-0.05, 0) is 49.2 Å². The number of benzene rings is 1. The fourth-order valence-electron chi connectivity index (χ4n) is 3.98. The van der Waals surface area contributed by atoms with Gasteiger partial charge in [0.15, 0.2) is 0 Å². The summed E-state index contributed by atoms with van der Waals surface area (Å²) in [6, 6.07) is 11.8. The minimum absolute atomic E-state index is 0.0730. The van der Waals surface area contributed by atoms with E-state index in [2.05, 4.69) is 30.3 Å². The van der Waals surface area contributed by atoms with Crippen molar-refractivity contribution in [3.63, 3.8) is 0 Å². The summed E-state index contributed by atoms with van der Waals surface area (Å²) in [7, 11) is 0. The van der Waals surface area contributed by atoms with Crippen molar-refractivity contribution in [1.29, 1.82) is 0 Å². The average Bonchev–Trinajstić information content (AvgIpc) is 3.57. The number of amides is 1. The fraction of sp³-hybridized carbons (Fsp3) is 0.261. The van der Waals surface area contributed by atoms with Crippen molar-refractivity contribution in [2.75, 3.05) is 11.9 Å². The zero-order valence-electron chi connectivity index (χ0n) is 17.7. The number of hydrogen-bond acceptors (Lipinski definition) is 7. The molecule has 1 N–H and O–H groups in total. The Balaban J connectivity index is 1.28. The molecule has 9 heteroatoms. The van der Waals surface area contributed by atoms with Crippen molar-refractivity contribution in [3.05, 3.63) is 72.8 Å². The summed E-state index contributed by atoms with van der Waals surface area (Å²) < 4.78 is 7.48. The maximum atomic E-state index is 11.2. The summed E-state index contributed by atoms with van der Waals surface area (Å²) in [5.41, 5.74) is 2.78. The predicted octanol–water partition coefficient (Wildman–Crippen LogP) is 3.61. The lowest BCUT2D eigenvalue weighted by Crippen LogP contribution is -2.23. The summed E-state index contributed by atoms with van der Waals surface area (Å²) in [4.78, 5) is 26.7. The predicted molar refractivity (Wildman–Crippen MR) is 118 cm³/mol. The number of imidazole rings is 1. The van der Waals surface area contributed by atoms with Gasteiger partial charge in [0.05, 0.1) is 6.04 Å². The Labute approximate surface area is 185 Å². The Morgan fingerprint density at radius 2 is 2.09 bits per heavy atom. The highest BCUT2D eigenvalue weighted by Gasteiger charge is 2.30. The molecular weight excluding hydrogens is 406 g/mol. The van der Waals surface area contributed by atoms with Crippen molar-refractivity contribution >= 4 is 11.6 Å². The van der Waals surface area contributed by atoms with Gasteiger partial charge in [0, 0.05) is 43.3 Å². The van der Waals surface area contributed by atoms with E-state index in [1.165, 1.54) is 12.5 Å². The van der Waals surface area contributed by atoms with E-state index < -0.39 is 0 Å². The molecule has 162 valence electrons. The second-order valence-corrected chi connectivity index (χ2v) is 7.84. The first-order chi connectivity index (χ1) is 15.7. The Bertz CT molecular complexity index is 1180. The molecule has 3 aromatic heterocycles. The molecule has 1 aliphatic heterocycles. The number of nitrogens with zero attached hydrogens (tertiary/aromatic N) is 6. The fourth-order valence-corrected chi connectivity index (χ4v) is 3.98. The van der Waals surface area contributed by atoms with E-state index in [4.69, 9.17) is 4.52 Å². The summed E-state index contributed by atoms with van der Waals surface area (Å²) in [5.74, 6) is 1.87. The number of carbonyl (C=O) groups is 1. The van der Waals surface area contributed by atoms with Crippen LogP contribution in [0.1, 0.15) is 37.3 Å². The second kappa shape index (κ2) is 8.72. The molecule has 1 unspecified atom stereocenters. The van der Waals surface area contributed by atoms with Gasteiger partial charge >= 0.3 is 0 Å². The van der Waals surface area contributed by atoms with Crippen LogP contribution in [0.5, 0.6) is 0 Å². The van der Waals surface area contributed by atoms with Crippen molar-refractivity contribution in [1.82, 2.24) is 29.6 Å². The molecule has 4 heterocycles. The number of rotatable bonds is 6. The zero-order chi connectivity index (χ0) is 21.9. The smallest absolute Gasteiger partial charge is 0.244 e. The Morgan fingerprint density at radius 3 is 2.81 bits per heavy atom. The van der Waals surface area contributed by atoms with Crippen LogP contribution in [-0.2, 0) is 11.3 Å². The normalized spacial score (nSPS) is 16.3. The van der Waals surface area contributed by atoms with Crippen LogP contribution in [0.2, 0.25) is 0 Å². The second-order valence-electron chi connectivity index (χ2n) is 7.84. The number of nitrogens with one attached hydrogen (secondary N) is 1. The van der Waals surface area contributed by atoms with Gasteiger partial charge in [0.2, 0.25) is 17.6 Å². The molecule has 1 saturated heterocycles. The van der Waals surface area contributed by atoms with Crippen LogP contribution in [0, 0.1) is 0 Å². The first kappa shape index (κ1) is 20.1. The standard InChI is InChI=1S/C23H23N7O2/c1-16(31)26-19-7-4-17(5-8-19)14-29-11-2-3-20(29)23-27-22(28-32-23)18-6-9-21(25-13-18)30-12-10-24-15-30/h4-10,12-13,15,20H,2-3,11,14H2,1H3,(H,26,31). The number of hydrogen-bond donors (Lipinski definition) is 1. The third-order valence-corrected chi connectivity index (χ3v) is 5.53. The molecule has 1 fully saturated rings. The lowest BCUT2D eigenvalue weighted by Gasteiger charge is -2.21. The van der Waals surface area contributed by atoms with E-state index in [1.54, 1.807) is 18.7 Å². The monoisotopic (exact) mass is 429 g/mol. The SMILES string of the molecule is CC(=O)Nc1ccc(CN2CCCC2c2nc(-c3ccc(-n4ccnc4)nc3)no2)cc1. The molecule has 1 aromatic carbocycles. The van der Waals surface area contributed by atoms with E-state index in [0.29, 0.717) is 11.7 Å². The minimum atomic E-state index is -0.0730. The molecule has 5 rings (SSSR count). The first-order valence-corrected chi connectivity index (χ1v) is 10.5. The van der Waals surface area contributed by atoms with Gasteiger partial charge in [-0.1, -0.05) is 17.3 Å². The van der Waals surface area contributed by atoms with Gasteiger partial charge in [0.25, 0.3) is 0 Å². The maximum Gasteiger partial charge on any atom is 0.244 e. The van der Waals surface area contributed by atoms with Crippen molar-refractivity contribution in [2.45, 2.75) is 32.4 Å². The average molecular weight is 429 g/mol. The molecule has 1 amide bonds. The highest BCUT2D eigenvalue weighted by Crippen LogP contribution is 2.33. The lowest BCUT2D eigenvalue weighted by molar-refractivity contribution is -0.114. The van der Waals surface area contributed by atoms with Crippen LogP contribution in [-0.4, -0.2) is 42.0 Å². The highest BCUT2D eigenvalue weighted by atomic mass is 16.5. The van der Waals surface area contributed by atoms with E-state index in [0.717, 1.165) is 43.0 Å². The Morgan fingerprint density at radius 1 is 1.22 bits per heavy atom. The molecule has 0 saturated carbocycles. The molecule has 1 aliphatic rings. The molecule has 0 aliphatic carbocycles. The van der Waals surface area contributed by atoms with E-state index in [1.807, 2.05) is 47.2 Å². The molecule has 9 nitrogen and oxygen atoms in total. The number of likely N-dealkylation sites (tertiary alicyclic amines) is 1. The van der Waals surface area contributed by atoms with Gasteiger partial charge in [-0.3, -0.25) is 14.3 Å². The summed E-state index contributed by atoms with van der Waals surface area (Å²) in [6.45, 7) is 3.26. The Kier molecular flexibility index (Phi) is 5.47. The summed E-state index contributed by atoms with van der Waals surface area (Å²) in [6.07, 6.45) is 9.06. The van der Waals surface area contributed by atoms with Crippen LogP contribution < -0.4 is 5.32 Å². The first-order valence-electron chi connectivity index (χ1n) is 10.5. The zero-order valence-corrected chi connectivity index (χ0v) is 17.7. The number of aromatic nitrogens is 5. The molecular formula is C23H23N7O2. The van der Waals surface area contributed by atoms with Crippen molar-refractivity contribution in [3.8, 4) is 17.2 Å². The van der Waals surface area contributed by atoms with Crippen molar-refractivity contribution < 1.29 is 9.32 Å². The number of anilines is 1. The van der Waals surface area contributed by atoms with Gasteiger partial charge in [0.1, 0.15) is 12.1 Å². The molecule has 0 bridgehead atoms. The van der Waals surface area contributed by atoms with E-state index >= 15 is 0 Å². The Hall–Kier alpha value is -3.85. The minimum Gasteiger partial charge on any atom is -0.337 e. The third kappa shape index (κ3) is 4.28.